The molecule has 2 aromatic rings. The lowest BCUT2D eigenvalue weighted by molar-refractivity contribution is -0.116. The summed E-state index contributed by atoms with van der Waals surface area (Å²) in [6, 6.07) is 7.64. The Morgan fingerprint density at radius 1 is 1.17 bits per heavy atom. The lowest BCUT2D eigenvalue weighted by Gasteiger charge is -2.21. The number of imidazole rings is 1. The number of fused-ring (bicyclic) bond motifs is 1. The van der Waals surface area contributed by atoms with Gasteiger partial charge in [0.1, 0.15) is 15.9 Å². The van der Waals surface area contributed by atoms with E-state index in [0.29, 0.717) is 28.1 Å². The van der Waals surface area contributed by atoms with Crippen molar-refractivity contribution in [1.29, 1.82) is 0 Å². The third-order valence-electron chi connectivity index (χ3n) is 3.49. The fraction of sp³-hybridized carbons (Fsp3) is 0.250. The number of aromatic nitrogens is 2. The highest BCUT2D eigenvalue weighted by Gasteiger charge is 2.31. The zero-order valence-corrected chi connectivity index (χ0v) is 15.8. The van der Waals surface area contributed by atoms with Crippen LogP contribution in [-0.4, -0.2) is 26.4 Å². The molecule has 0 fully saturated rings. The quantitative estimate of drug-likeness (QED) is 0.762. The Hall–Kier alpha value is -1.93. The number of amides is 1. The van der Waals surface area contributed by atoms with E-state index in [2.05, 4.69) is 26.0 Å². The first kappa shape index (κ1) is 16.9. The van der Waals surface area contributed by atoms with Gasteiger partial charge in [-0.05, 0) is 23.9 Å². The van der Waals surface area contributed by atoms with Gasteiger partial charge in [0.15, 0.2) is 5.82 Å². The van der Waals surface area contributed by atoms with Crippen molar-refractivity contribution in [2.24, 2.45) is 5.10 Å². The maximum absolute atomic E-state index is 12.1. The number of thioether (sulfide) groups is 1. The smallest absolute Gasteiger partial charge is 0.245 e. The minimum atomic E-state index is -0.248. The first-order valence-electron chi connectivity index (χ1n) is 7.38. The van der Waals surface area contributed by atoms with Gasteiger partial charge in [-0.2, -0.15) is 10.1 Å². The summed E-state index contributed by atoms with van der Waals surface area (Å²) < 4.78 is 2.52. The number of halogens is 1. The van der Waals surface area contributed by atoms with E-state index in [4.69, 9.17) is 0 Å². The van der Waals surface area contributed by atoms with Crippen LogP contribution in [0.15, 0.2) is 38.9 Å². The lowest BCUT2D eigenvalue weighted by Crippen LogP contribution is -2.28. The molecular formula is C16H15BrN4O2S. The van der Waals surface area contributed by atoms with Gasteiger partial charge in [0.05, 0.1) is 0 Å². The Labute approximate surface area is 152 Å². The van der Waals surface area contributed by atoms with Crippen LogP contribution < -0.4 is 5.01 Å². The van der Waals surface area contributed by atoms with Crippen molar-refractivity contribution < 1.29 is 9.59 Å². The van der Waals surface area contributed by atoms with E-state index in [9.17, 15) is 9.59 Å². The number of benzene rings is 1. The largest absolute Gasteiger partial charge is 0.274 e. The van der Waals surface area contributed by atoms with Gasteiger partial charge in [-0.3, -0.25) is 14.2 Å². The SMILES string of the molecule is CCc1nc2c(n1C(C)=O)SC(c1ccc(Br)cc1)=NN2C(C)=O. The molecule has 6 nitrogen and oxygen atoms in total. The van der Waals surface area contributed by atoms with Crippen molar-refractivity contribution in [3.63, 3.8) is 0 Å². The lowest BCUT2D eigenvalue weighted by atomic mass is 10.2. The number of carbonyl (C=O) groups excluding carboxylic acids is 2. The molecule has 1 aromatic carbocycles. The molecule has 0 bridgehead atoms. The zero-order valence-electron chi connectivity index (χ0n) is 13.4. The van der Waals surface area contributed by atoms with Crippen molar-refractivity contribution in [2.75, 3.05) is 5.01 Å². The summed E-state index contributed by atoms with van der Waals surface area (Å²) in [5, 5.41) is 6.97. The number of carbonyl (C=O) groups is 2. The van der Waals surface area contributed by atoms with Crippen molar-refractivity contribution in [3.8, 4) is 0 Å². The molecule has 0 saturated carbocycles. The van der Waals surface area contributed by atoms with E-state index in [1.165, 1.54) is 30.6 Å². The zero-order chi connectivity index (χ0) is 17.4. The second kappa shape index (κ2) is 6.52. The Morgan fingerprint density at radius 2 is 1.83 bits per heavy atom. The molecule has 0 N–H and O–H groups in total. The van der Waals surface area contributed by atoms with Gasteiger partial charge in [-0.15, -0.1) is 0 Å². The molecule has 24 heavy (non-hydrogen) atoms. The predicted octanol–water partition coefficient (Wildman–Crippen LogP) is 3.69. The van der Waals surface area contributed by atoms with Crippen molar-refractivity contribution >= 4 is 50.4 Å². The molecular weight excluding hydrogens is 392 g/mol. The van der Waals surface area contributed by atoms with Crippen LogP contribution in [0.4, 0.5) is 5.82 Å². The van der Waals surface area contributed by atoms with E-state index in [0.717, 1.165) is 10.0 Å². The number of hydrogen-bond donors (Lipinski definition) is 0. The summed E-state index contributed by atoms with van der Waals surface area (Å²) >= 11 is 4.75. The molecule has 3 rings (SSSR count). The second-order valence-corrected chi connectivity index (χ2v) is 7.10. The van der Waals surface area contributed by atoms with Crippen LogP contribution in [0.1, 0.15) is 37.0 Å². The van der Waals surface area contributed by atoms with Gasteiger partial charge in [0.25, 0.3) is 0 Å². The number of hydrogen-bond acceptors (Lipinski definition) is 5. The second-order valence-electron chi connectivity index (χ2n) is 5.21. The highest BCUT2D eigenvalue weighted by Crippen LogP contribution is 2.38. The van der Waals surface area contributed by atoms with Crippen LogP contribution in [-0.2, 0) is 11.2 Å². The molecule has 0 spiro atoms. The fourth-order valence-corrected chi connectivity index (χ4v) is 3.78. The molecule has 1 aliphatic rings. The molecule has 0 saturated heterocycles. The number of nitrogens with zero attached hydrogens (tertiary/aromatic N) is 4. The van der Waals surface area contributed by atoms with Crippen LogP contribution in [0.5, 0.6) is 0 Å². The molecule has 1 aromatic heterocycles. The average Bonchev–Trinajstić information content (AvgIpc) is 2.93. The molecule has 1 amide bonds. The highest BCUT2D eigenvalue weighted by atomic mass is 79.9. The minimum Gasteiger partial charge on any atom is -0.274 e. The van der Waals surface area contributed by atoms with Crippen LogP contribution >= 0.6 is 27.7 Å². The normalized spacial score (nSPS) is 13.5. The Kier molecular flexibility index (Phi) is 4.60. The summed E-state index contributed by atoms with van der Waals surface area (Å²) in [7, 11) is 0. The van der Waals surface area contributed by atoms with Crippen LogP contribution in [0.2, 0.25) is 0 Å². The van der Waals surface area contributed by atoms with Crippen LogP contribution in [0, 0.1) is 0 Å². The molecule has 0 unspecified atom stereocenters. The molecule has 0 atom stereocenters. The average molecular weight is 407 g/mol. The Morgan fingerprint density at radius 3 is 2.38 bits per heavy atom. The Bertz CT molecular complexity index is 858. The van der Waals surface area contributed by atoms with Gasteiger partial charge in [-0.1, -0.05) is 35.0 Å². The van der Waals surface area contributed by atoms with E-state index in [1.807, 2.05) is 31.2 Å². The maximum Gasteiger partial charge on any atom is 0.245 e. The number of hydrazone groups is 1. The third kappa shape index (κ3) is 2.91. The van der Waals surface area contributed by atoms with E-state index < -0.39 is 0 Å². The Balaban J connectivity index is 2.15. The summed E-state index contributed by atoms with van der Waals surface area (Å²) in [6.45, 7) is 4.85. The maximum atomic E-state index is 12.1. The summed E-state index contributed by atoms with van der Waals surface area (Å²) in [5.74, 6) is 0.662. The molecule has 0 aliphatic carbocycles. The van der Waals surface area contributed by atoms with Gasteiger partial charge in [0.2, 0.25) is 11.8 Å². The predicted molar refractivity (Wildman–Crippen MR) is 97.6 cm³/mol. The number of aryl methyl sites for hydroxylation is 1. The number of anilines is 1. The molecule has 124 valence electrons. The van der Waals surface area contributed by atoms with E-state index in [-0.39, 0.29) is 11.8 Å². The summed E-state index contributed by atoms with van der Waals surface area (Å²) in [6.07, 6.45) is 0.590. The summed E-state index contributed by atoms with van der Waals surface area (Å²) in [4.78, 5) is 28.6. The van der Waals surface area contributed by atoms with Crippen LogP contribution in [0.3, 0.4) is 0 Å². The first-order valence-corrected chi connectivity index (χ1v) is 8.99. The topological polar surface area (TPSA) is 67.6 Å². The number of rotatable bonds is 2. The molecule has 0 radical (unpaired) electrons. The van der Waals surface area contributed by atoms with Crippen molar-refractivity contribution in [1.82, 2.24) is 9.55 Å². The fourth-order valence-electron chi connectivity index (χ4n) is 2.41. The standard InChI is InChI=1S/C16H15BrN4O2S/c1-4-13-18-14-16(20(13)9(2)22)24-15(19-21(14)10(3)23)11-5-7-12(17)8-6-11/h5-8H,4H2,1-3H3. The van der Waals surface area contributed by atoms with E-state index in [1.54, 1.807) is 4.57 Å². The van der Waals surface area contributed by atoms with Gasteiger partial charge in [0, 0.05) is 30.3 Å². The summed E-state index contributed by atoms with van der Waals surface area (Å²) in [5.41, 5.74) is 0.870. The van der Waals surface area contributed by atoms with Gasteiger partial charge in [-0.25, -0.2) is 4.98 Å². The highest BCUT2D eigenvalue weighted by molar-refractivity contribution is 9.10. The molecule has 1 aliphatic heterocycles. The van der Waals surface area contributed by atoms with E-state index >= 15 is 0 Å². The van der Waals surface area contributed by atoms with Gasteiger partial charge >= 0.3 is 0 Å². The molecule has 2 heterocycles. The van der Waals surface area contributed by atoms with Crippen molar-refractivity contribution in [2.45, 2.75) is 32.2 Å². The molecule has 8 heteroatoms. The van der Waals surface area contributed by atoms with Crippen LogP contribution in [0.25, 0.3) is 0 Å². The minimum absolute atomic E-state index is 0.131. The monoisotopic (exact) mass is 406 g/mol. The van der Waals surface area contributed by atoms with Gasteiger partial charge < -0.3 is 0 Å². The van der Waals surface area contributed by atoms with Crippen molar-refractivity contribution in [3.05, 3.63) is 40.1 Å². The third-order valence-corrected chi connectivity index (χ3v) is 5.09. The first-order chi connectivity index (χ1) is 11.4.